The van der Waals surface area contributed by atoms with Crippen LogP contribution in [-0.4, -0.2) is 24.1 Å². The molecule has 13 heteroatoms. The number of ether oxygens (including phenoxy) is 3. The molecule has 0 radical (unpaired) electrons. The molecule has 4 unspecified atom stereocenters. The number of benzene rings is 6. The number of nitro groups is 2. The molecular formula is C44H36F4N2O7. The van der Waals surface area contributed by atoms with Gasteiger partial charge in [0.15, 0.2) is 23.3 Å². The minimum absolute atomic E-state index is 0.00274. The van der Waals surface area contributed by atoms with Gasteiger partial charge in [0, 0.05) is 36.1 Å². The van der Waals surface area contributed by atoms with E-state index in [0.717, 1.165) is 24.3 Å². The fraction of sp³-hybridized carbons (Fsp3) is 0.182. The highest BCUT2D eigenvalue weighted by atomic mass is 19.2. The molecule has 57 heavy (non-hydrogen) atoms. The Balaban J connectivity index is 1.51. The lowest BCUT2D eigenvalue weighted by Gasteiger charge is -2.32. The van der Waals surface area contributed by atoms with E-state index >= 15 is 8.78 Å². The Kier molecular flexibility index (Phi) is 12.6. The van der Waals surface area contributed by atoms with Crippen molar-refractivity contribution in [2.45, 2.75) is 36.9 Å². The van der Waals surface area contributed by atoms with E-state index in [-0.39, 0.29) is 35.3 Å². The Bertz CT molecular complexity index is 2200. The molecule has 0 N–H and O–H groups in total. The second kappa shape index (κ2) is 17.9. The summed E-state index contributed by atoms with van der Waals surface area (Å²) in [7, 11) is 3.01. The molecule has 0 saturated heterocycles. The largest absolute Gasteiger partial charge is 0.497 e. The third-order valence-corrected chi connectivity index (χ3v) is 9.86. The van der Waals surface area contributed by atoms with Crippen molar-refractivity contribution < 1.29 is 41.6 Å². The highest BCUT2D eigenvalue weighted by Crippen LogP contribution is 2.44. The zero-order valence-electron chi connectivity index (χ0n) is 30.7. The normalized spacial score (nSPS) is 13.3. The maximum atomic E-state index is 15.0. The van der Waals surface area contributed by atoms with Crippen LogP contribution < -0.4 is 9.47 Å². The fourth-order valence-electron chi connectivity index (χ4n) is 6.90. The highest BCUT2D eigenvalue weighted by molar-refractivity contribution is 5.44. The van der Waals surface area contributed by atoms with Crippen LogP contribution >= 0.6 is 0 Å². The average Bonchev–Trinajstić information content (AvgIpc) is 3.23. The third-order valence-electron chi connectivity index (χ3n) is 9.86. The lowest BCUT2D eigenvalue weighted by molar-refractivity contribution is -0.385. The van der Waals surface area contributed by atoms with Gasteiger partial charge in [0.25, 0.3) is 11.4 Å². The average molecular weight is 781 g/mol. The van der Waals surface area contributed by atoms with E-state index in [2.05, 4.69) is 0 Å². The summed E-state index contributed by atoms with van der Waals surface area (Å²) in [4.78, 5) is 22.7. The van der Waals surface area contributed by atoms with Crippen molar-refractivity contribution in [3.63, 3.8) is 0 Å². The van der Waals surface area contributed by atoms with Gasteiger partial charge in [0.05, 0.1) is 36.3 Å². The number of methoxy groups -OCH3 is 2. The van der Waals surface area contributed by atoms with Crippen molar-refractivity contribution in [1.82, 2.24) is 0 Å². The molecule has 0 heterocycles. The summed E-state index contributed by atoms with van der Waals surface area (Å²) >= 11 is 0. The quantitative estimate of drug-likeness (QED) is 0.0546. The molecule has 9 nitrogen and oxygen atoms in total. The van der Waals surface area contributed by atoms with Crippen molar-refractivity contribution in [2.75, 3.05) is 14.2 Å². The Hall–Kier alpha value is -6.60. The van der Waals surface area contributed by atoms with Gasteiger partial charge in [-0.15, -0.1) is 0 Å². The van der Waals surface area contributed by atoms with E-state index < -0.39 is 57.2 Å². The minimum Gasteiger partial charge on any atom is -0.497 e. The first kappa shape index (κ1) is 40.1. The zero-order chi connectivity index (χ0) is 40.6. The second-order valence-corrected chi connectivity index (χ2v) is 13.3. The predicted octanol–water partition coefficient (Wildman–Crippen LogP) is 11.3. The Labute approximate surface area is 325 Å². The van der Waals surface area contributed by atoms with Crippen molar-refractivity contribution in [1.29, 1.82) is 0 Å². The Morgan fingerprint density at radius 1 is 0.474 bits per heavy atom. The molecule has 6 rings (SSSR count). The van der Waals surface area contributed by atoms with E-state index in [9.17, 15) is 29.0 Å². The standard InChI is InChI=1S/C44H36F4N2O7/c1-55-35-15-9-27(10-16-35)37(29-5-3-7-33(21-29)49(51)52)25-43(31-13-19-39(45)41(47)23-31)57-44(32-14-20-40(46)42(48)24-32)26-38(28-11-17-36(56-2)18-12-28)30-6-4-8-34(22-30)50(53)54/h3-24,37-38,43-44H,25-26H2,1-2H3. The Morgan fingerprint density at radius 3 is 1.18 bits per heavy atom. The van der Waals surface area contributed by atoms with Crippen LogP contribution in [0.5, 0.6) is 11.5 Å². The minimum atomic E-state index is -1.16. The summed E-state index contributed by atoms with van der Waals surface area (Å²) < 4.78 is 76.5. The predicted molar refractivity (Wildman–Crippen MR) is 204 cm³/mol. The topological polar surface area (TPSA) is 114 Å². The molecule has 292 valence electrons. The monoisotopic (exact) mass is 780 g/mol. The maximum Gasteiger partial charge on any atom is 0.269 e. The molecule has 0 aromatic heterocycles. The van der Waals surface area contributed by atoms with Gasteiger partial charge in [-0.3, -0.25) is 20.2 Å². The zero-order valence-corrected chi connectivity index (χ0v) is 30.7. The van der Waals surface area contributed by atoms with Crippen LogP contribution in [0, 0.1) is 43.5 Å². The summed E-state index contributed by atoms with van der Waals surface area (Å²) in [5.74, 6) is -4.72. The van der Waals surface area contributed by atoms with E-state index in [1.54, 1.807) is 72.8 Å². The number of nitro benzene ring substituents is 2. The van der Waals surface area contributed by atoms with Gasteiger partial charge in [-0.05, 0) is 94.8 Å². The van der Waals surface area contributed by atoms with Crippen LogP contribution in [-0.2, 0) is 4.74 Å². The molecule has 0 spiro atoms. The van der Waals surface area contributed by atoms with E-state index in [1.165, 1.54) is 50.6 Å². The van der Waals surface area contributed by atoms with E-state index in [4.69, 9.17) is 14.2 Å². The number of halogens is 4. The molecule has 0 aliphatic heterocycles. The van der Waals surface area contributed by atoms with Gasteiger partial charge in [-0.2, -0.15) is 0 Å². The summed E-state index contributed by atoms with van der Waals surface area (Å²) in [6.07, 6.45) is -2.21. The van der Waals surface area contributed by atoms with E-state index in [1.807, 2.05) is 0 Å². The van der Waals surface area contributed by atoms with Gasteiger partial charge in [-0.1, -0.05) is 60.7 Å². The molecular weight excluding hydrogens is 744 g/mol. The SMILES string of the molecule is COc1ccc(C(CC(OC(CC(c2ccc(OC)cc2)c2cccc([N+](=O)[O-])c2)c2ccc(F)c(F)c2)c2ccc(F)c(F)c2)c2cccc([N+](=O)[O-])c2)cc1. The molecule has 0 fully saturated rings. The Morgan fingerprint density at radius 2 is 0.842 bits per heavy atom. The van der Waals surface area contributed by atoms with Crippen molar-refractivity contribution in [3.8, 4) is 11.5 Å². The summed E-state index contributed by atoms with van der Waals surface area (Å²) in [5, 5.41) is 23.8. The number of nitrogens with zero attached hydrogens (tertiary/aromatic N) is 2. The van der Waals surface area contributed by atoms with Gasteiger partial charge in [0.2, 0.25) is 0 Å². The number of hydrogen-bond acceptors (Lipinski definition) is 7. The molecule has 0 saturated carbocycles. The first-order chi connectivity index (χ1) is 27.4. The molecule has 0 amide bonds. The van der Waals surface area contributed by atoms with Crippen molar-refractivity contribution in [2.24, 2.45) is 0 Å². The molecule has 0 aliphatic carbocycles. The number of non-ortho nitro benzene ring substituents is 2. The van der Waals surface area contributed by atoms with Gasteiger partial charge < -0.3 is 14.2 Å². The lowest BCUT2D eigenvalue weighted by Crippen LogP contribution is -2.18. The summed E-state index contributed by atoms with van der Waals surface area (Å²) in [6, 6.07) is 32.6. The fourth-order valence-corrected chi connectivity index (χ4v) is 6.90. The van der Waals surface area contributed by atoms with Crippen molar-refractivity contribution in [3.05, 3.63) is 210 Å². The van der Waals surface area contributed by atoms with Crippen molar-refractivity contribution >= 4 is 11.4 Å². The van der Waals surface area contributed by atoms with Crippen LogP contribution in [0.3, 0.4) is 0 Å². The van der Waals surface area contributed by atoms with Gasteiger partial charge >= 0.3 is 0 Å². The second-order valence-electron chi connectivity index (χ2n) is 13.3. The highest BCUT2D eigenvalue weighted by Gasteiger charge is 2.31. The smallest absolute Gasteiger partial charge is 0.269 e. The lowest BCUT2D eigenvalue weighted by atomic mass is 9.83. The number of rotatable bonds is 16. The molecule has 4 atom stereocenters. The molecule has 0 aliphatic rings. The third kappa shape index (κ3) is 9.62. The van der Waals surface area contributed by atoms with Crippen LogP contribution in [0.1, 0.15) is 70.3 Å². The molecule has 6 aromatic rings. The van der Waals surface area contributed by atoms with Crippen LogP contribution in [0.4, 0.5) is 28.9 Å². The first-order valence-electron chi connectivity index (χ1n) is 17.8. The van der Waals surface area contributed by atoms with Crippen LogP contribution in [0.15, 0.2) is 133 Å². The number of hydrogen-bond donors (Lipinski definition) is 0. The summed E-state index contributed by atoms with van der Waals surface area (Å²) in [5.41, 5.74) is 2.45. The van der Waals surface area contributed by atoms with E-state index in [0.29, 0.717) is 33.8 Å². The first-order valence-corrected chi connectivity index (χ1v) is 17.8. The molecule has 0 bridgehead atoms. The molecule has 6 aromatic carbocycles. The van der Waals surface area contributed by atoms with Crippen LogP contribution in [0.2, 0.25) is 0 Å². The summed E-state index contributed by atoms with van der Waals surface area (Å²) in [6.45, 7) is 0. The van der Waals surface area contributed by atoms with Gasteiger partial charge in [0.1, 0.15) is 11.5 Å². The maximum absolute atomic E-state index is 15.0. The van der Waals surface area contributed by atoms with Gasteiger partial charge in [-0.25, -0.2) is 17.6 Å². The van der Waals surface area contributed by atoms with Crippen LogP contribution in [0.25, 0.3) is 0 Å².